The number of nitrogens with one attached hydrogen (secondary N) is 1. The van der Waals surface area contributed by atoms with Crippen molar-refractivity contribution in [3.63, 3.8) is 0 Å². The highest BCUT2D eigenvalue weighted by molar-refractivity contribution is 6.43. The lowest BCUT2D eigenvalue weighted by molar-refractivity contribution is -0.131. The first-order chi connectivity index (χ1) is 18.9. The summed E-state index contributed by atoms with van der Waals surface area (Å²) in [6.45, 7) is 3.19. The second-order valence-electron chi connectivity index (χ2n) is 10.7. The van der Waals surface area contributed by atoms with E-state index in [0.29, 0.717) is 30.5 Å². The molecule has 3 rings (SSSR count). The van der Waals surface area contributed by atoms with Gasteiger partial charge in [0.1, 0.15) is 18.2 Å². The van der Waals surface area contributed by atoms with E-state index in [2.05, 4.69) is 5.32 Å². The molecule has 1 unspecified atom stereocenters. The monoisotopic (exact) mass is 557 g/mol. The molecule has 2 aliphatic heterocycles. The number of amides is 2. The summed E-state index contributed by atoms with van der Waals surface area (Å²) in [4.78, 5) is 28.9. The van der Waals surface area contributed by atoms with Crippen LogP contribution in [0.5, 0.6) is 0 Å². The summed E-state index contributed by atoms with van der Waals surface area (Å²) >= 11 is 0. The number of benzene rings is 1. The molecule has 0 spiro atoms. The van der Waals surface area contributed by atoms with E-state index < -0.39 is 49.1 Å². The van der Waals surface area contributed by atoms with Gasteiger partial charge in [-0.1, -0.05) is 18.2 Å². The Morgan fingerprint density at radius 1 is 1.27 bits per heavy atom. The van der Waals surface area contributed by atoms with E-state index in [9.17, 15) is 38.9 Å². The highest BCUT2D eigenvalue weighted by Gasteiger charge is 2.43. The second-order valence-corrected chi connectivity index (χ2v) is 10.7. The summed E-state index contributed by atoms with van der Waals surface area (Å²) in [5, 5.41) is 41.0. The van der Waals surface area contributed by atoms with Crippen molar-refractivity contribution in [2.24, 2.45) is 0 Å². The number of carbonyl (C=O) groups excluding carboxylic acids is 2. The molecule has 2 fully saturated rings. The van der Waals surface area contributed by atoms with Crippen LogP contribution in [-0.2, 0) is 16.0 Å². The average molecular weight is 557 g/mol. The number of piperidine rings is 1. The van der Waals surface area contributed by atoms with Gasteiger partial charge in [0, 0.05) is 25.0 Å². The molecule has 2 atom stereocenters. The molecular weight excluding hydrogens is 523 g/mol. The lowest BCUT2D eigenvalue weighted by Gasteiger charge is -2.36. The van der Waals surface area contributed by atoms with E-state index >= 15 is 0 Å². The number of rotatable bonds is 9. The van der Waals surface area contributed by atoms with Gasteiger partial charge in [0.25, 0.3) is 11.8 Å². The Morgan fingerprint density at radius 2 is 2.00 bits per heavy atom. The number of ether oxygens (including phenoxy) is 1. The Hall–Kier alpha value is -3.52. The average Bonchev–Trinajstić information content (AvgIpc) is 3.30. The topological polar surface area (TPSA) is 150 Å². The van der Waals surface area contributed by atoms with Gasteiger partial charge < -0.3 is 25.0 Å². The standard InChI is InChI=1S/C27H34BF2N5O5/c1-26(2,34-12-10-27(29,30)18-34)14-21(16-32)24(36)35-11-6-5-9-22(35)17-40-25(37)33-23(28(38)39)13-19-7-3-4-8-20(19)15-31/h3-4,7-8,14,22-23,38-39H,5-6,9-13,17-18H2,1-2H3,(H,33,37)/t22?,23-/m0/s1. The normalized spacial score (nSPS) is 20.2. The molecular formula is C27H34BF2N5O5. The predicted octanol–water partition coefficient (Wildman–Crippen LogP) is 2.16. The van der Waals surface area contributed by atoms with Crippen LogP contribution in [0.15, 0.2) is 35.9 Å². The maximum Gasteiger partial charge on any atom is 0.475 e. The van der Waals surface area contributed by atoms with Gasteiger partial charge in [-0.25, -0.2) is 13.6 Å². The van der Waals surface area contributed by atoms with Gasteiger partial charge in [-0.2, -0.15) is 10.5 Å². The number of alkyl carbamates (subject to hydrolysis) is 1. The minimum Gasteiger partial charge on any atom is -0.447 e. The van der Waals surface area contributed by atoms with E-state index in [-0.39, 0.29) is 31.6 Å². The molecule has 40 heavy (non-hydrogen) atoms. The Kier molecular flexibility index (Phi) is 10.3. The molecule has 0 saturated carbocycles. The number of nitrogens with zero attached hydrogens (tertiary/aromatic N) is 4. The summed E-state index contributed by atoms with van der Waals surface area (Å²) in [5.41, 5.74) is -0.269. The number of hydrogen-bond donors (Lipinski definition) is 3. The molecule has 2 aliphatic rings. The van der Waals surface area contributed by atoms with Crippen molar-refractivity contribution in [3.05, 3.63) is 47.0 Å². The van der Waals surface area contributed by atoms with Gasteiger partial charge in [0.05, 0.1) is 30.2 Å². The zero-order valence-corrected chi connectivity index (χ0v) is 22.6. The molecule has 2 amide bonds. The Morgan fingerprint density at radius 3 is 2.62 bits per heavy atom. The van der Waals surface area contributed by atoms with E-state index in [1.807, 2.05) is 12.1 Å². The van der Waals surface area contributed by atoms with E-state index in [1.165, 1.54) is 11.0 Å². The van der Waals surface area contributed by atoms with Crippen molar-refractivity contribution in [2.45, 2.75) is 69.4 Å². The molecule has 1 aromatic carbocycles. The first kappa shape index (κ1) is 31.0. The molecule has 214 valence electrons. The van der Waals surface area contributed by atoms with Crippen molar-refractivity contribution in [3.8, 4) is 12.1 Å². The van der Waals surface area contributed by atoms with E-state index in [0.717, 1.165) is 6.42 Å². The predicted molar refractivity (Wildman–Crippen MR) is 142 cm³/mol. The van der Waals surface area contributed by atoms with Crippen LogP contribution in [0.4, 0.5) is 13.6 Å². The van der Waals surface area contributed by atoms with E-state index in [4.69, 9.17) is 4.74 Å². The maximum absolute atomic E-state index is 13.8. The fourth-order valence-electron chi connectivity index (χ4n) is 5.05. The third kappa shape index (κ3) is 8.01. The van der Waals surface area contributed by atoms with Gasteiger partial charge in [-0.3, -0.25) is 9.69 Å². The lowest BCUT2D eigenvalue weighted by Crippen LogP contribution is -2.50. The summed E-state index contributed by atoms with van der Waals surface area (Å²) in [6.07, 6.45) is 2.14. The van der Waals surface area contributed by atoms with Gasteiger partial charge in [0.15, 0.2) is 0 Å². The number of likely N-dealkylation sites (tertiary alicyclic amines) is 2. The summed E-state index contributed by atoms with van der Waals surface area (Å²) in [6, 6.07) is 9.98. The molecule has 2 heterocycles. The number of carbonyl (C=O) groups is 2. The number of nitriles is 2. The van der Waals surface area contributed by atoms with Gasteiger partial charge >= 0.3 is 13.2 Å². The van der Waals surface area contributed by atoms with Crippen LogP contribution in [-0.4, -0.2) is 88.7 Å². The quantitative estimate of drug-likeness (QED) is 0.238. The van der Waals surface area contributed by atoms with Gasteiger partial charge in [-0.15, -0.1) is 0 Å². The second kappa shape index (κ2) is 13.2. The Bertz CT molecular complexity index is 1200. The third-order valence-corrected chi connectivity index (χ3v) is 7.37. The van der Waals surface area contributed by atoms with Crippen molar-refractivity contribution < 1.29 is 33.2 Å². The lowest BCUT2D eigenvalue weighted by atomic mass is 9.75. The fraction of sp³-hybridized carbons (Fsp3) is 0.556. The number of halogens is 2. The van der Waals surface area contributed by atoms with Crippen LogP contribution in [0.1, 0.15) is 50.7 Å². The molecule has 0 radical (unpaired) electrons. The van der Waals surface area contributed by atoms with Crippen LogP contribution in [0.3, 0.4) is 0 Å². The van der Waals surface area contributed by atoms with Crippen molar-refractivity contribution in [1.29, 1.82) is 10.5 Å². The molecule has 3 N–H and O–H groups in total. The smallest absolute Gasteiger partial charge is 0.447 e. The summed E-state index contributed by atoms with van der Waals surface area (Å²) in [5.74, 6) is -4.53. The van der Waals surface area contributed by atoms with Crippen LogP contribution in [0.25, 0.3) is 0 Å². The SMILES string of the molecule is CC(C)(C=C(C#N)C(=O)N1CCCCC1COC(=O)N[C@@H](Cc1ccccc1C#N)B(O)O)N1CCC(F)(F)C1. The van der Waals surface area contributed by atoms with Crippen molar-refractivity contribution >= 4 is 19.1 Å². The van der Waals surface area contributed by atoms with Crippen LogP contribution in [0, 0.1) is 22.7 Å². The van der Waals surface area contributed by atoms with Crippen molar-refractivity contribution in [1.82, 2.24) is 15.1 Å². The third-order valence-electron chi connectivity index (χ3n) is 7.37. The zero-order valence-electron chi connectivity index (χ0n) is 22.6. The number of alkyl halides is 2. The summed E-state index contributed by atoms with van der Waals surface area (Å²) in [7, 11) is -1.92. The minimum absolute atomic E-state index is 0.0282. The van der Waals surface area contributed by atoms with Crippen LogP contribution >= 0.6 is 0 Å². The molecule has 1 aromatic rings. The zero-order chi connectivity index (χ0) is 29.5. The molecule has 0 aromatic heterocycles. The minimum atomic E-state index is -2.82. The molecule has 0 aliphatic carbocycles. The summed E-state index contributed by atoms with van der Waals surface area (Å²) < 4.78 is 32.9. The fourth-order valence-corrected chi connectivity index (χ4v) is 5.05. The molecule has 13 heteroatoms. The van der Waals surface area contributed by atoms with Gasteiger partial charge in [0.2, 0.25) is 0 Å². The van der Waals surface area contributed by atoms with Gasteiger partial charge in [-0.05, 0) is 57.2 Å². The van der Waals surface area contributed by atoms with Crippen molar-refractivity contribution in [2.75, 3.05) is 26.2 Å². The largest absolute Gasteiger partial charge is 0.475 e. The number of hydrogen-bond acceptors (Lipinski definition) is 8. The Labute approximate surface area is 232 Å². The molecule has 10 nitrogen and oxygen atoms in total. The first-order valence-corrected chi connectivity index (χ1v) is 13.2. The first-order valence-electron chi connectivity index (χ1n) is 13.2. The van der Waals surface area contributed by atoms with E-state index in [1.54, 1.807) is 43.0 Å². The maximum atomic E-state index is 13.8. The van der Waals surface area contributed by atoms with Crippen LogP contribution in [0.2, 0.25) is 0 Å². The molecule has 2 saturated heterocycles. The Balaban J connectivity index is 1.64. The van der Waals surface area contributed by atoms with Crippen LogP contribution < -0.4 is 5.32 Å². The molecule has 0 bridgehead atoms. The highest BCUT2D eigenvalue weighted by Crippen LogP contribution is 2.33. The highest BCUT2D eigenvalue weighted by atomic mass is 19.3.